The quantitative estimate of drug-likeness (QED) is 0.835. The van der Waals surface area contributed by atoms with Crippen molar-refractivity contribution < 1.29 is 9.90 Å². The van der Waals surface area contributed by atoms with Crippen molar-refractivity contribution in [2.45, 2.75) is 51.0 Å². The molecule has 0 spiro atoms. The molecule has 18 heavy (non-hydrogen) atoms. The summed E-state index contributed by atoms with van der Waals surface area (Å²) in [6, 6.07) is 0.293. The van der Waals surface area contributed by atoms with E-state index in [0.717, 1.165) is 43.6 Å². The fourth-order valence-electron chi connectivity index (χ4n) is 4.86. The number of aliphatic carboxylic acids is 1. The first-order chi connectivity index (χ1) is 8.65. The van der Waals surface area contributed by atoms with Crippen molar-refractivity contribution >= 4 is 5.97 Å². The lowest BCUT2D eigenvalue weighted by Crippen LogP contribution is -2.41. The van der Waals surface area contributed by atoms with Crippen molar-refractivity contribution in [1.82, 2.24) is 4.90 Å². The van der Waals surface area contributed by atoms with E-state index in [9.17, 15) is 9.90 Å². The number of fused-ring (bicyclic) bond motifs is 2. The highest BCUT2D eigenvalue weighted by Crippen LogP contribution is 2.48. The molecule has 3 heteroatoms. The van der Waals surface area contributed by atoms with Crippen LogP contribution in [0.15, 0.2) is 0 Å². The van der Waals surface area contributed by atoms with Gasteiger partial charge in [0.1, 0.15) is 0 Å². The van der Waals surface area contributed by atoms with E-state index in [1.54, 1.807) is 0 Å². The average molecular weight is 251 g/mol. The lowest BCUT2D eigenvalue weighted by atomic mass is 9.88. The predicted molar refractivity (Wildman–Crippen MR) is 70.3 cm³/mol. The molecule has 0 aliphatic heterocycles. The van der Waals surface area contributed by atoms with Crippen molar-refractivity contribution in [3.63, 3.8) is 0 Å². The molecule has 0 aromatic carbocycles. The van der Waals surface area contributed by atoms with E-state index >= 15 is 0 Å². The van der Waals surface area contributed by atoms with Crippen LogP contribution in [0.3, 0.4) is 0 Å². The monoisotopic (exact) mass is 251 g/mol. The largest absolute Gasteiger partial charge is 0.481 e. The highest BCUT2D eigenvalue weighted by atomic mass is 16.4. The Hall–Kier alpha value is -0.570. The Kier molecular flexibility index (Phi) is 3.35. The van der Waals surface area contributed by atoms with Crippen LogP contribution in [0.2, 0.25) is 0 Å². The minimum absolute atomic E-state index is 0.117. The van der Waals surface area contributed by atoms with E-state index in [1.165, 1.54) is 25.7 Å². The van der Waals surface area contributed by atoms with Crippen LogP contribution in [0, 0.1) is 23.7 Å². The van der Waals surface area contributed by atoms with Gasteiger partial charge in [0.2, 0.25) is 0 Å². The van der Waals surface area contributed by atoms with E-state index in [4.69, 9.17) is 0 Å². The maximum atomic E-state index is 11.3. The van der Waals surface area contributed by atoms with E-state index in [1.807, 2.05) is 0 Å². The summed E-state index contributed by atoms with van der Waals surface area (Å²) in [6.07, 6.45) is 8.77. The molecular formula is C15H25NO2. The second-order valence-electron chi connectivity index (χ2n) is 6.82. The lowest BCUT2D eigenvalue weighted by Gasteiger charge is -2.32. The van der Waals surface area contributed by atoms with Crippen molar-refractivity contribution in [1.29, 1.82) is 0 Å². The summed E-state index contributed by atoms with van der Waals surface area (Å²) in [5.41, 5.74) is 0. The van der Waals surface area contributed by atoms with Gasteiger partial charge in [0.15, 0.2) is 0 Å². The van der Waals surface area contributed by atoms with Gasteiger partial charge in [0.25, 0.3) is 0 Å². The first-order valence-corrected chi connectivity index (χ1v) is 7.58. The summed E-state index contributed by atoms with van der Waals surface area (Å²) in [4.78, 5) is 13.6. The Morgan fingerprint density at radius 1 is 1.22 bits per heavy atom. The van der Waals surface area contributed by atoms with Gasteiger partial charge in [-0.2, -0.15) is 0 Å². The third-order valence-electron chi connectivity index (χ3n) is 5.77. The van der Waals surface area contributed by atoms with Crippen molar-refractivity contribution in [2.75, 3.05) is 13.6 Å². The Balaban J connectivity index is 1.58. The second kappa shape index (κ2) is 4.84. The van der Waals surface area contributed by atoms with Gasteiger partial charge in [-0.15, -0.1) is 0 Å². The standard InChI is InChI=1S/C15H25NO2/c1-16(14-4-2-3-13(14)15(17)18)9-12-8-10-5-6-11(12)7-10/h10-14H,2-9H2,1H3,(H,17,18). The molecule has 5 unspecified atom stereocenters. The fraction of sp³-hybridized carbons (Fsp3) is 0.933. The van der Waals surface area contributed by atoms with Gasteiger partial charge in [-0.25, -0.2) is 0 Å². The molecule has 3 aliphatic carbocycles. The fourth-order valence-corrected chi connectivity index (χ4v) is 4.86. The van der Waals surface area contributed by atoms with E-state index < -0.39 is 5.97 Å². The third kappa shape index (κ3) is 2.18. The maximum absolute atomic E-state index is 11.3. The Morgan fingerprint density at radius 3 is 2.67 bits per heavy atom. The zero-order chi connectivity index (χ0) is 12.7. The van der Waals surface area contributed by atoms with Crippen LogP contribution in [-0.2, 0) is 4.79 Å². The summed E-state index contributed by atoms with van der Waals surface area (Å²) < 4.78 is 0. The van der Waals surface area contributed by atoms with Crippen molar-refractivity contribution in [3.8, 4) is 0 Å². The molecule has 102 valence electrons. The first-order valence-electron chi connectivity index (χ1n) is 7.58. The highest BCUT2D eigenvalue weighted by molar-refractivity contribution is 5.71. The smallest absolute Gasteiger partial charge is 0.308 e. The SMILES string of the molecule is CN(CC1CC2CCC1C2)C1CCCC1C(=O)O. The van der Waals surface area contributed by atoms with E-state index in [-0.39, 0.29) is 5.92 Å². The Morgan fingerprint density at radius 2 is 2.06 bits per heavy atom. The van der Waals surface area contributed by atoms with E-state index in [2.05, 4.69) is 11.9 Å². The molecule has 0 heterocycles. The number of rotatable bonds is 4. The zero-order valence-corrected chi connectivity index (χ0v) is 11.3. The summed E-state index contributed by atoms with van der Waals surface area (Å²) in [7, 11) is 2.15. The van der Waals surface area contributed by atoms with Gasteiger partial charge in [-0.1, -0.05) is 12.8 Å². The topological polar surface area (TPSA) is 40.5 Å². The lowest BCUT2D eigenvalue weighted by molar-refractivity contribution is -0.143. The normalized spacial score (nSPS) is 42.9. The first kappa shape index (κ1) is 12.5. The molecule has 3 fully saturated rings. The summed E-state index contributed by atoms with van der Waals surface area (Å²) in [5, 5.41) is 9.27. The van der Waals surface area contributed by atoms with Crippen LogP contribution in [0.5, 0.6) is 0 Å². The van der Waals surface area contributed by atoms with Gasteiger partial charge >= 0.3 is 5.97 Å². The molecule has 3 saturated carbocycles. The van der Waals surface area contributed by atoms with Gasteiger partial charge < -0.3 is 10.0 Å². The number of hydrogen-bond acceptors (Lipinski definition) is 2. The minimum atomic E-state index is -0.586. The number of carbonyl (C=O) groups is 1. The molecule has 3 aliphatic rings. The molecule has 0 radical (unpaired) electrons. The van der Waals surface area contributed by atoms with Gasteiger partial charge in [-0.3, -0.25) is 4.79 Å². The van der Waals surface area contributed by atoms with Crippen LogP contribution in [0.25, 0.3) is 0 Å². The summed E-state index contributed by atoms with van der Waals surface area (Å²) in [6.45, 7) is 1.13. The Labute approximate surface area is 110 Å². The molecule has 0 saturated heterocycles. The molecule has 2 bridgehead atoms. The third-order valence-corrected chi connectivity index (χ3v) is 5.77. The number of hydrogen-bond donors (Lipinski definition) is 1. The van der Waals surface area contributed by atoms with Crippen LogP contribution < -0.4 is 0 Å². The van der Waals surface area contributed by atoms with E-state index in [0.29, 0.717) is 6.04 Å². The van der Waals surface area contributed by atoms with Crippen LogP contribution in [0.1, 0.15) is 44.9 Å². The number of nitrogens with zero attached hydrogens (tertiary/aromatic N) is 1. The van der Waals surface area contributed by atoms with Crippen LogP contribution >= 0.6 is 0 Å². The summed E-state index contributed by atoms with van der Waals surface area (Å²) >= 11 is 0. The average Bonchev–Trinajstić information content (AvgIpc) is 3.04. The molecular weight excluding hydrogens is 226 g/mol. The molecule has 3 rings (SSSR count). The molecule has 5 atom stereocenters. The molecule has 0 aromatic heterocycles. The van der Waals surface area contributed by atoms with Gasteiger partial charge in [-0.05, 0) is 56.9 Å². The van der Waals surface area contributed by atoms with Gasteiger partial charge in [0, 0.05) is 12.6 Å². The van der Waals surface area contributed by atoms with Crippen molar-refractivity contribution in [3.05, 3.63) is 0 Å². The maximum Gasteiger partial charge on any atom is 0.308 e. The van der Waals surface area contributed by atoms with Crippen LogP contribution in [-0.4, -0.2) is 35.6 Å². The highest BCUT2D eigenvalue weighted by Gasteiger charge is 2.42. The van der Waals surface area contributed by atoms with Crippen LogP contribution in [0.4, 0.5) is 0 Å². The predicted octanol–water partition coefficient (Wildman–Crippen LogP) is 2.61. The Bertz CT molecular complexity index is 330. The molecule has 3 nitrogen and oxygen atoms in total. The molecule has 1 N–H and O–H groups in total. The molecule has 0 aromatic rings. The summed E-state index contributed by atoms with van der Waals surface area (Å²) in [5.74, 6) is 2.09. The number of carboxylic acid groups (broad SMARTS) is 1. The van der Waals surface area contributed by atoms with Crippen molar-refractivity contribution in [2.24, 2.45) is 23.7 Å². The molecule has 0 amide bonds. The second-order valence-corrected chi connectivity index (χ2v) is 6.82. The number of carboxylic acids is 1. The zero-order valence-electron chi connectivity index (χ0n) is 11.3. The van der Waals surface area contributed by atoms with Gasteiger partial charge in [0.05, 0.1) is 5.92 Å². The minimum Gasteiger partial charge on any atom is -0.481 e.